The number of fused-ring (bicyclic) bond motifs is 1. The minimum Gasteiger partial charge on any atom is -0.439 e. The standard InChI is InChI=1S/C12H15BrN2O2/c1-16-6-2-3-9(14)12-15-10-7-8(13)4-5-11(10)17-12/h4-5,7,9H,2-3,6,14H2,1H3. The van der Waals surface area contributed by atoms with Crippen LogP contribution in [0.5, 0.6) is 0 Å². The summed E-state index contributed by atoms with van der Waals surface area (Å²) in [7, 11) is 1.68. The predicted octanol–water partition coefficient (Wildman–Crippen LogP) is 3.02. The van der Waals surface area contributed by atoms with Gasteiger partial charge in [-0.2, -0.15) is 0 Å². The Bertz CT molecular complexity index is 498. The zero-order valence-corrected chi connectivity index (χ0v) is 11.2. The van der Waals surface area contributed by atoms with Gasteiger partial charge in [0.05, 0.1) is 6.04 Å². The first-order valence-corrected chi connectivity index (χ1v) is 6.30. The second-order valence-corrected chi connectivity index (χ2v) is 4.82. The van der Waals surface area contributed by atoms with Crippen LogP contribution in [0.4, 0.5) is 0 Å². The van der Waals surface area contributed by atoms with E-state index in [0.29, 0.717) is 12.5 Å². The lowest BCUT2D eigenvalue weighted by molar-refractivity contribution is 0.189. The highest BCUT2D eigenvalue weighted by Gasteiger charge is 2.13. The van der Waals surface area contributed by atoms with Gasteiger partial charge in [0, 0.05) is 18.2 Å². The van der Waals surface area contributed by atoms with E-state index in [1.165, 1.54) is 0 Å². The molecule has 0 fully saturated rings. The summed E-state index contributed by atoms with van der Waals surface area (Å²) in [5.74, 6) is 0.592. The summed E-state index contributed by atoms with van der Waals surface area (Å²) >= 11 is 3.40. The molecule has 2 aromatic rings. The second kappa shape index (κ2) is 5.62. The molecule has 17 heavy (non-hydrogen) atoms. The fraction of sp³-hybridized carbons (Fsp3) is 0.417. The number of halogens is 1. The molecule has 0 spiro atoms. The van der Waals surface area contributed by atoms with Crippen molar-refractivity contribution in [2.45, 2.75) is 18.9 Å². The maximum absolute atomic E-state index is 6.01. The van der Waals surface area contributed by atoms with E-state index in [2.05, 4.69) is 20.9 Å². The van der Waals surface area contributed by atoms with Crippen LogP contribution in [0, 0.1) is 0 Å². The van der Waals surface area contributed by atoms with Crippen molar-refractivity contribution < 1.29 is 9.15 Å². The average Bonchev–Trinajstić information content (AvgIpc) is 2.72. The predicted molar refractivity (Wildman–Crippen MR) is 69.7 cm³/mol. The van der Waals surface area contributed by atoms with E-state index in [9.17, 15) is 0 Å². The molecule has 1 atom stereocenters. The summed E-state index contributed by atoms with van der Waals surface area (Å²) in [6.07, 6.45) is 1.71. The molecule has 4 nitrogen and oxygen atoms in total. The van der Waals surface area contributed by atoms with Crippen molar-refractivity contribution in [3.8, 4) is 0 Å². The summed E-state index contributed by atoms with van der Waals surface area (Å²) in [6.45, 7) is 0.708. The van der Waals surface area contributed by atoms with Crippen molar-refractivity contribution in [1.29, 1.82) is 0 Å². The van der Waals surface area contributed by atoms with E-state index in [4.69, 9.17) is 14.9 Å². The van der Waals surface area contributed by atoms with Gasteiger partial charge < -0.3 is 14.9 Å². The Hall–Kier alpha value is -0.910. The molecule has 2 rings (SSSR count). The van der Waals surface area contributed by atoms with Crippen LogP contribution in [0.25, 0.3) is 11.1 Å². The van der Waals surface area contributed by atoms with E-state index in [-0.39, 0.29) is 6.04 Å². The van der Waals surface area contributed by atoms with Gasteiger partial charge in [-0.3, -0.25) is 0 Å². The summed E-state index contributed by atoms with van der Waals surface area (Å²) in [4.78, 5) is 4.39. The van der Waals surface area contributed by atoms with Crippen molar-refractivity contribution in [2.24, 2.45) is 5.73 Å². The van der Waals surface area contributed by atoms with Crippen molar-refractivity contribution in [1.82, 2.24) is 4.98 Å². The van der Waals surface area contributed by atoms with Crippen LogP contribution >= 0.6 is 15.9 Å². The lowest BCUT2D eigenvalue weighted by Gasteiger charge is -2.05. The monoisotopic (exact) mass is 298 g/mol. The van der Waals surface area contributed by atoms with Gasteiger partial charge in [0.15, 0.2) is 5.58 Å². The van der Waals surface area contributed by atoms with Gasteiger partial charge in [0.1, 0.15) is 5.52 Å². The molecule has 92 valence electrons. The van der Waals surface area contributed by atoms with Gasteiger partial charge in [-0.1, -0.05) is 15.9 Å². The minimum atomic E-state index is -0.170. The Morgan fingerprint density at radius 1 is 1.53 bits per heavy atom. The number of hydrogen-bond donors (Lipinski definition) is 1. The van der Waals surface area contributed by atoms with Gasteiger partial charge in [-0.25, -0.2) is 4.98 Å². The maximum atomic E-state index is 6.01. The molecule has 0 aliphatic heterocycles. The lowest BCUT2D eigenvalue weighted by atomic mass is 10.2. The van der Waals surface area contributed by atoms with E-state index in [0.717, 1.165) is 28.4 Å². The molecule has 0 saturated heterocycles. The van der Waals surface area contributed by atoms with E-state index >= 15 is 0 Å². The number of rotatable bonds is 5. The molecule has 1 aromatic heterocycles. The third-order valence-corrected chi connectivity index (χ3v) is 3.04. The highest BCUT2D eigenvalue weighted by Crippen LogP contribution is 2.24. The third-order valence-electron chi connectivity index (χ3n) is 2.55. The van der Waals surface area contributed by atoms with Crippen LogP contribution in [0.15, 0.2) is 27.1 Å². The maximum Gasteiger partial charge on any atom is 0.212 e. The Kier molecular flexibility index (Phi) is 4.15. The Morgan fingerprint density at radius 3 is 3.12 bits per heavy atom. The Balaban J connectivity index is 2.12. The third kappa shape index (κ3) is 3.06. The molecule has 5 heteroatoms. The fourth-order valence-electron chi connectivity index (χ4n) is 1.65. The van der Waals surface area contributed by atoms with Gasteiger partial charge in [-0.05, 0) is 31.0 Å². The molecule has 0 aliphatic carbocycles. The van der Waals surface area contributed by atoms with Crippen LogP contribution in [-0.2, 0) is 4.74 Å². The lowest BCUT2D eigenvalue weighted by Crippen LogP contribution is -2.11. The molecule has 0 aliphatic rings. The van der Waals surface area contributed by atoms with Crippen LogP contribution in [0.1, 0.15) is 24.8 Å². The van der Waals surface area contributed by atoms with Gasteiger partial charge in [0.25, 0.3) is 0 Å². The molecule has 1 aromatic carbocycles. The Morgan fingerprint density at radius 2 is 2.35 bits per heavy atom. The van der Waals surface area contributed by atoms with Crippen LogP contribution in [0.2, 0.25) is 0 Å². The molecule has 0 bridgehead atoms. The van der Waals surface area contributed by atoms with Crippen molar-refractivity contribution >= 4 is 27.0 Å². The summed E-state index contributed by atoms with van der Waals surface area (Å²) < 4.78 is 11.6. The van der Waals surface area contributed by atoms with Crippen molar-refractivity contribution in [3.63, 3.8) is 0 Å². The van der Waals surface area contributed by atoms with Crippen LogP contribution < -0.4 is 5.73 Å². The molecule has 1 unspecified atom stereocenters. The van der Waals surface area contributed by atoms with E-state index < -0.39 is 0 Å². The van der Waals surface area contributed by atoms with Gasteiger partial charge >= 0.3 is 0 Å². The summed E-state index contributed by atoms with van der Waals surface area (Å²) in [5, 5.41) is 0. The summed E-state index contributed by atoms with van der Waals surface area (Å²) in [6, 6.07) is 5.56. The fourth-order valence-corrected chi connectivity index (χ4v) is 2.00. The molecule has 0 saturated carbocycles. The van der Waals surface area contributed by atoms with Crippen LogP contribution in [0.3, 0.4) is 0 Å². The Labute approximate surface area is 108 Å². The molecule has 1 heterocycles. The minimum absolute atomic E-state index is 0.170. The second-order valence-electron chi connectivity index (χ2n) is 3.91. The quantitative estimate of drug-likeness (QED) is 0.862. The molecule has 2 N–H and O–H groups in total. The number of hydrogen-bond acceptors (Lipinski definition) is 4. The SMILES string of the molecule is COCCCC(N)c1nc2cc(Br)ccc2o1. The number of aromatic nitrogens is 1. The van der Waals surface area contributed by atoms with Gasteiger partial charge in [-0.15, -0.1) is 0 Å². The number of ether oxygens (including phenoxy) is 1. The van der Waals surface area contributed by atoms with Crippen LogP contribution in [-0.4, -0.2) is 18.7 Å². The normalized spacial score (nSPS) is 13.1. The first kappa shape index (κ1) is 12.5. The zero-order chi connectivity index (χ0) is 12.3. The molecular formula is C12H15BrN2O2. The van der Waals surface area contributed by atoms with Crippen molar-refractivity contribution in [3.05, 3.63) is 28.6 Å². The van der Waals surface area contributed by atoms with E-state index in [1.54, 1.807) is 7.11 Å². The topological polar surface area (TPSA) is 61.3 Å². The number of nitrogens with two attached hydrogens (primary N) is 1. The van der Waals surface area contributed by atoms with Crippen molar-refractivity contribution in [2.75, 3.05) is 13.7 Å². The molecule has 0 radical (unpaired) electrons. The smallest absolute Gasteiger partial charge is 0.212 e. The van der Waals surface area contributed by atoms with E-state index in [1.807, 2.05) is 18.2 Å². The number of nitrogens with zero attached hydrogens (tertiary/aromatic N) is 1. The molecule has 0 amide bonds. The highest BCUT2D eigenvalue weighted by molar-refractivity contribution is 9.10. The average molecular weight is 299 g/mol. The highest BCUT2D eigenvalue weighted by atomic mass is 79.9. The first-order valence-electron chi connectivity index (χ1n) is 5.51. The number of benzene rings is 1. The number of methoxy groups -OCH3 is 1. The number of oxazole rings is 1. The first-order chi connectivity index (χ1) is 8.20. The van der Waals surface area contributed by atoms with Gasteiger partial charge in [0.2, 0.25) is 5.89 Å². The molecular weight excluding hydrogens is 284 g/mol. The largest absolute Gasteiger partial charge is 0.439 e. The summed E-state index contributed by atoms with van der Waals surface area (Å²) in [5.41, 5.74) is 7.61. The zero-order valence-electron chi connectivity index (χ0n) is 9.65.